The second-order valence-electron chi connectivity index (χ2n) is 18.4. The van der Waals surface area contributed by atoms with Gasteiger partial charge in [-0.05, 0) is 79.8 Å². The maximum atomic E-state index is 15.4. The molecule has 3 fully saturated rings. The Morgan fingerprint density at radius 2 is 1.79 bits per heavy atom. The SMILES string of the molecule is CC[C@]1(N=[N+]=[N-])C[C@@H]2CN(CCc3c([nH]c4ccccc34)[C@@](C(=O)OC)(c3cc4c(cc3OC)N(C)[C@H]3[C@@](O)(C(=O)OC)[C@H](OC(C)=O)[C@]5(CC)C=CCN6CC[C@]43[C@@H]65)C2)C1. The predicted molar refractivity (Wildman–Crippen MR) is 227 cm³/mol. The number of rotatable bonds is 8. The number of para-hydroxylation sites is 1. The molecule has 2 N–H and O–H groups in total. The van der Waals surface area contributed by atoms with Gasteiger partial charge in [-0.25, -0.2) is 4.79 Å². The van der Waals surface area contributed by atoms with Crippen LogP contribution in [0.3, 0.4) is 0 Å². The number of piperidine rings is 1. The number of nitrogens with one attached hydrogen (secondary N) is 1. The molecule has 15 nitrogen and oxygen atoms in total. The van der Waals surface area contributed by atoms with E-state index < -0.39 is 57.4 Å². The molecule has 0 amide bonds. The third kappa shape index (κ3) is 5.39. The van der Waals surface area contributed by atoms with E-state index in [0.29, 0.717) is 82.6 Å². The van der Waals surface area contributed by atoms with E-state index in [1.54, 1.807) is 7.11 Å². The fraction of sp³-hybridized carbons (Fsp3) is 0.587. The molecule has 1 aromatic heterocycles. The Bertz CT molecular complexity index is 2390. The number of hydrogen-bond acceptors (Lipinski definition) is 12. The van der Waals surface area contributed by atoms with E-state index in [-0.39, 0.29) is 12.0 Å². The monoisotopic (exact) mass is 835 g/mol. The van der Waals surface area contributed by atoms with E-state index in [1.165, 1.54) is 21.1 Å². The number of esters is 3. The summed E-state index contributed by atoms with van der Waals surface area (Å²) in [5, 5.41) is 18.8. The van der Waals surface area contributed by atoms with Crippen LogP contribution in [-0.2, 0) is 45.8 Å². The number of aromatic nitrogens is 1. The zero-order valence-electron chi connectivity index (χ0n) is 36.2. The van der Waals surface area contributed by atoms with Gasteiger partial charge in [0.15, 0.2) is 6.10 Å². The van der Waals surface area contributed by atoms with Gasteiger partial charge in [-0.3, -0.25) is 14.5 Å². The molecule has 2 saturated heterocycles. The van der Waals surface area contributed by atoms with Crippen LogP contribution in [0.15, 0.2) is 53.7 Å². The summed E-state index contributed by atoms with van der Waals surface area (Å²) in [7, 11) is 6.13. The maximum absolute atomic E-state index is 15.4. The van der Waals surface area contributed by atoms with Crippen molar-refractivity contribution >= 4 is 34.5 Å². The third-order valence-electron chi connectivity index (χ3n) is 15.9. The summed E-state index contributed by atoms with van der Waals surface area (Å²) in [6.07, 6.45) is 5.99. The Morgan fingerprint density at radius 1 is 1.02 bits per heavy atom. The third-order valence-corrected chi connectivity index (χ3v) is 15.9. The Balaban J connectivity index is 1.36. The van der Waals surface area contributed by atoms with E-state index in [4.69, 9.17) is 18.9 Å². The van der Waals surface area contributed by atoms with Crippen molar-refractivity contribution in [2.45, 2.75) is 99.5 Å². The van der Waals surface area contributed by atoms with Crippen LogP contribution in [0, 0.1) is 11.3 Å². The molecule has 324 valence electrons. The Labute approximate surface area is 355 Å². The summed E-state index contributed by atoms with van der Waals surface area (Å²) in [5.74, 6) is -1.61. The first-order valence-electron chi connectivity index (χ1n) is 21.6. The molecule has 6 heterocycles. The van der Waals surface area contributed by atoms with Gasteiger partial charge in [0.05, 0.1) is 32.9 Å². The minimum Gasteiger partial charge on any atom is -0.496 e. The van der Waals surface area contributed by atoms with Gasteiger partial charge < -0.3 is 38.8 Å². The van der Waals surface area contributed by atoms with Crippen molar-refractivity contribution in [3.05, 3.63) is 81.4 Å². The summed E-state index contributed by atoms with van der Waals surface area (Å²) < 4.78 is 24.0. The summed E-state index contributed by atoms with van der Waals surface area (Å²) in [5.41, 5.74) is 8.33. The lowest BCUT2D eigenvalue weighted by Crippen LogP contribution is -2.81. The van der Waals surface area contributed by atoms with Gasteiger partial charge in [0.2, 0.25) is 5.60 Å². The first-order chi connectivity index (χ1) is 29.3. The number of aliphatic hydroxyl groups is 1. The maximum Gasteiger partial charge on any atom is 0.344 e. The van der Waals surface area contributed by atoms with Crippen molar-refractivity contribution in [1.82, 2.24) is 14.8 Å². The highest BCUT2D eigenvalue weighted by Crippen LogP contribution is 2.68. The molecule has 15 heteroatoms. The molecule has 5 aliphatic heterocycles. The molecule has 2 aromatic carbocycles. The van der Waals surface area contributed by atoms with E-state index >= 15 is 4.79 Å². The van der Waals surface area contributed by atoms with Gasteiger partial charge in [-0.15, -0.1) is 0 Å². The minimum atomic E-state index is -2.31. The van der Waals surface area contributed by atoms with Gasteiger partial charge in [-0.2, -0.15) is 0 Å². The lowest BCUT2D eigenvalue weighted by Gasteiger charge is -2.63. The Morgan fingerprint density at radius 3 is 2.48 bits per heavy atom. The number of aromatic amines is 1. The van der Waals surface area contributed by atoms with E-state index in [2.05, 4.69) is 43.9 Å². The molecule has 6 aliphatic rings. The number of carbonyl (C=O) groups excluding carboxylic acids is 3. The molecule has 1 aliphatic carbocycles. The number of benzene rings is 2. The first-order valence-corrected chi connectivity index (χ1v) is 21.6. The molecular formula is C46H57N7O8. The fourth-order valence-corrected chi connectivity index (χ4v) is 13.7. The molecule has 3 aromatic rings. The Kier molecular flexibility index (Phi) is 9.82. The zero-order chi connectivity index (χ0) is 43.3. The van der Waals surface area contributed by atoms with Crippen molar-refractivity contribution in [2.75, 3.05) is 66.0 Å². The van der Waals surface area contributed by atoms with Crippen molar-refractivity contribution in [1.29, 1.82) is 0 Å². The number of likely N-dealkylation sites (N-methyl/N-ethyl adjacent to an activating group) is 1. The number of anilines is 1. The summed E-state index contributed by atoms with van der Waals surface area (Å²) in [4.78, 5) is 56.7. The lowest BCUT2D eigenvalue weighted by molar-refractivity contribution is -0.228. The lowest BCUT2D eigenvalue weighted by atomic mass is 9.47. The highest BCUT2D eigenvalue weighted by atomic mass is 16.6. The average molecular weight is 836 g/mol. The molecule has 0 radical (unpaired) electrons. The fourth-order valence-electron chi connectivity index (χ4n) is 13.7. The van der Waals surface area contributed by atoms with Gasteiger partial charge in [-0.1, -0.05) is 49.3 Å². The topological polar surface area (TPSA) is 183 Å². The molecular weight excluding hydrogens is 779 g/mol. The van der Waals surface area contributed by atoms with E-state index in [9.17, 15) is 20.2 Å². The number of methoxy groups -OCH3 is 3. The number of ether oxygens (including phenoxy) is 4. The minimum absolute atomic E-state index is 0.107. The number of hydrogen-bond donors (Lipinski definition) is 2. The molecule has 1 saturated carbocycles. The van der Waals surface area contributed by atoms with Crippen molar-refractivity contribution < 1.29 is 38.4 Å². The van der Waals surface area contributed by atoms with Crippen molar-refractivity contribution in [2.24, 2.45) is 16.4 Å². The summed E-state index contributed by atoms with van der Waals surface area (Å²) in [6.45, 7) is 8.66. The van der Waals surface area contributed by atoms with Crippen molar-refractivity contribution in [3.8, 4) is 5.75 Å². The Hall–Kier alpha value is -5.08. The summed E-state index contributed by atoms with van der Waals surface area (Å²) in [6, 6.07) is 10.9. The van der Waals surface area contributed by atoms with Crippen molar-refractivity contribution in [3.63, 3.8) is 0 Å². The van der Waals surface area contributed by atoms with Gasteiger partial charge in [0.25, 0.3) is 0 Å². The molecule has 61 heavy (non-hydrogen) atoms. The van der Waals surface area contributed by atoms with E-state index in [0.717, 1.165) is 33.4 Å². The number of nitrogens with zero attached hydrogens (tertiary/aromatic N) is 6. The second kappa shape index (κ2) is 14.5. The van der Waals surface area contributed by atoms with Crippen LogP contribution in [0.4, 0.5) is 5.69 Å². The molecule has 10 atom stereocenters. The molecule has 2 bridgehead atoms. The predicted octanol–water partition coefficient (Wildman–Crippen LogP) is 5.31. The van der Waals surface area contributed by atoms with E-state index in [1.807, 2.05) is 55.3 Å². The smallest absolute Gasteiger partial charge is 0.344 e. The van der Waals surface area contributed by atoms with Crippen LogP contribution < -0.4 is 9.64 Å². The van der Waals surface area contributed by atoms with Crippen LogP contribution in [0.1, 0.15) is 75.3 Å². The van der Waals surface area contributed by atoms with Crippen LogP contribution in [0.5, 0.6) is 5.75 Å². The average Bonchev–Trinajstić information content (AvgIpc) is 3.92. The standard InChI is InChI=1S/C46H57N7O8/c1-8-42(49-50-47)23-28-24-45(40(55)59-6,36-30(15-19-52(25-28)26-42)29-13-10-11-14-33(29)48-36)32-21-31-34(22-35(32)58-5)51(4)38-44(31)17-20-53-18-12-16-43(9-2,37(44)53)39(61-27(3)54)46(38,57)41(56)60-7/h10-14,16,21-22,28,37-39,48,57H,8-9,15,17-20,23-26H2,1-7H3/t28-,37-,38+,39+,42-,43+,44+,45-,46-/m0/s1. The number of H-pyrrole nitrogens is 1. The molecule has 9 rings (SSSR count). The van der Waals surface area contributed by atoms with Crippen LogP contribution in [0.25, 0.3) is 21.3 Å². The highest BCUT2D eigenvalue weighted by Gasteiger charge is 2.80. The number of azide groups is 1. The zero-order valence-corrected chi connectivity index (χ0v) is 36.2. The normalized spacial score (nSPS) is 35.9. The largest absolute Gasteiger partial charge is 0.496 e. The first kappa shape index (κ1) is 41.3. The number of fused-ring (bicyclic) bond motifs is 6. The van der Waals surface area contributed by atoms with Crippen LogP contribution in [0.2, 0.25) is 0 Å². The second-order valence-corrected chi connectivity index (χ2v) is 18.4. The summed E-state index contributed by atoms with van der Waals surface area (Å²) >= 11 is 0. The van der Waals surface area contributed by atoms with Gasteiger partial charge >= 0.3 is 17.9 Å². The number of carbonyl (C=O) groups is 3. The van der Waals surface area contributed by atoms with Gasteiger partial charge in [0, 0.05) is 95.8 Å². The molecule has 1 spiro atoms. The molecule has 1 unspecified atom stereocenters. The van der Waals surface area contributed by atoms with Crippen LogP contribution >= 0.6 is 0 Å². The highest BCUT2D eigenvalue weighted by molar-refractivity contribution is 5.95. The quantitative estimate of drug-likeness (QED) is 0.0750. The van der Waals surface area contributed by atoms with Crippen LogP contribution in [-0.4, -0.2) is 128 Å². The van der Waals surface area contributed by atoms with Gasteiger partial charge in [0.1, 0.15) is 11.2 Å².